The van der Waals surface area contributed by atoms with Crippen molar-refractivity contribution in [3.63, 3.8) is 0 Å². The summed E-state index contributed by atoms with van der Waals surface area (Å²) < 4.78 is 21.7. The molecule has 6 heteroatoms. The van der Waals surface area contributed by atoms with E-state index in [1.165, 1.54) is 18.2 Å². The summed E-state index contributed by atoms with van der Waals surface area (Å²) in [5.41, 5.74) is 0. The SMILES string of the molecule is NS(=O)(=O)c1ccc(S)cc1Cl. The van der Waals surface area contributed by atoms with Crippen LogP contribution in [0.15, 0.2) is 28.0 Å². The largest absolute Gasteiger partial charge is 0.239 e. The highest BCUT2D eigenvalue weighted by Gasteiger charge is 2.11. The molecule has 0 heterocycles. The predicted octanol–water partition coefficient (Wildman–Crippen LogP) is 1.28. The van der Waals surface area contributed by atoms with Gasteiger partial charge < -0.3 is 0 Å². The van der Waals surface area contributed by atoms with Crippen LogP contribution in [0.5, 0.6) is 0 Å². The second kappa shape index (κ2) is 3.26. The Balaban J connectivity index is 3.39. The van der Waals surface area contributed by atoms with Crippen molar-refractivity contribution in [3.05, 3.63) is 23.2 Å². The predicted molar refractivity (Wildman–Crippen MR) is 50.1 cm³/mol. The molecule has 1 rings (SSSR count). The molecule has 0 aromatic heterocycles. The summed E-state index contributed by atoms with van der Waals surface area (Å²) in [5.74, 6) is 0. The summed E-state index contributed by atoms with van der Waals surface area (Å²) in [6, 6.07) is 4.25. The number of halogens is 1. The molecule has 0 saturated heterocycles. The molecule has 0 amide bonds. The van der Waals surface area contributed by atoms with E-state index in [-0.39, 0.29) is 9.92 Å². The fourth-order valence-electron chi connectivity index (χ4n) is 0.720. The van der Waals surface area contributed by atoms with Crippen LogP contribution < -0.4 is 5.14 Å². The second-order valence-corrected chi connectivity index (χ2v) is 4.61. The molecule has 0 aliphatic rings. The van der Waals surface area contributed by atoms with Crippen LogP contribution in [0.4, 0.5) is 0 Å². The van der Waals surface area contributed by atoms with Gasteiger partial charge in [-0.05, 0) is 18.2 Å². The van der Waals surface area contributed by atoms with E-state index >= 15 is 0 Å². The van der Waals surface area contributed by atoms with Crippen LogP contribution in [0.3, 0.4) is 0 Å². The molecule has 1 aromatic rings. The minimum atomic E-state index is -3.72. The number of nitrogens with two attached hydrogens (primary N) is 1. The van der Waals surface area contributed by atoms with Crippen molar-refractivity contribution < 1.29 is 8.42 Å². The molecule has 3 nitrogen and oxygen atoms in total. The molecule has 0 bridgehead atoms. The molecule has 0 saturated carbocycles. The second-order valence-electron chi connectivity index (χ2n) is 2.16. The third-order valence-corrected chi connectivity index (χ3v) is 2.89. The third kappa shape index (κ3) is 2.13. The number of hydrogen-bond acceptors (Lipinski definition) is 3. The summed E-state index contributed by atoms with van der Waals surface area (Å²) in [5, 5.41) is 4.96. The van der Waals surface area contributed by atoms with E-state index in [0.29, 0.717) is 4.90 Å². The van der Waals surface area contributed by atoms with E-state index in [1.807, 2.05) is 0 Å². The van der Waals surface area contributed by atoms with Gasteiger partial charge in [-0.25, -0.2) is 13.6 Å². The Morgan fingerprint density at radius 2 is 2.00 bits per heavy atom. The average molecular weight is 224 g/mol. The monoisotopic (exact) mass is 223 g/mol. The van der Waals surface area contributed by atoms with Gasteiger partial charge in [0.2, 0.25) is 10.0 Å². The van der Waals surface area contributed by atoms with Crippen LogP contribution >= 0.6 is 24.2 Å². The Bertz CT molecular complexity index is 402. The van der Waals surface area contributed by atoms with E-state index < -0.39 is 10.0 Å². The molecule has 0 radical (unpaired) electrons. The summed E-state index contributed by atoms with van der Waals surface area (Å²) in [6.07, 6.45) is 0. The first-order valence-corrected chi connectivity index (χ1v) is 5.30. The highest BCUT2D eigenvalue weighted by atomic mass is 35.5. The highest BCUT2D eigenvalue weighted by Crippen LogP contribution is 2.22. The summed E-state index contributed by atoms with van der Waals surface area (Å²) in [6.45, 7) is 0. The molecule has 66 valence electrons. The lowest BCUT2D eigenvalue weighted by molar-refractivity contribution is 0.598. The first-order chi connectivity index (χ1) is 5.41. The lowest BCUT2D eigenvalue weighted by Gasteiger charge is -2.00. The number of sulfonamides is 1. The van der Waals surface area contributed by atoms with Crippen molar-refractivity contribution >= 4 is 34.3 Å². The Morgan fingerprint density at radius 3 is 2.42 bits per heavy atom. The zero-order valence-corrected chi connectivity index (χ0v) is 8.33. The van der Waals surface area contributed by atoms with Crippen molar-refractivity contribution in [1.82, 2.24) is 0 Å². The molecule has 1 aromatic carbocycles. The molecular weight excluding hydrogens is 218 g/mol. The molecular formula is C6H6ClNO2S2. The Kier molecular flexibility index (Phi) is 2.67. The Hall–Kier alpha value is -0.230. The van der Waals surface area contributed by atoms with Crippen LogP contribution in [-0.4, -0.2) is 8.42 Å². The summed E-state index contributed by atoms with van der Waals surface area (Å²) in [4.78, 5) is 0.509. The van der Waals surface area contributed by atoms with E-state index in [2.05, 4.69) is 12.6 Å². The van der Waals surface area contributed by atoms with Gasteiger partial charge in [0, 0.05) is 4.90 Å². The average Bonchev–Trinajstić information content (AvgIpc) is 1.83. The van der Waals surface area contributed by atoms with E-state index in [0.717, 1.165) is 0 Å². The molecule has 0 atom stereocenters. The van der Waals surface area contributed by atoms with Gasteiger partial charge in [-0.15, -0.1) is 12.6 Å². The van der Waals surface area contributed by atoms with Crippen molar-refractivity contribution in [3.8, 4) is 0 Å². The molecule has 0 aliphatic heterocycles. The molecule has 12 heavy (non-hydrogen) atoms. The van der Waals surface area contributed by atoms with Crippen LogP contribution in [0.25, 0.3) is 0 Å². The van der Waals surface area contributed by atoms with Gasteiger partial charge in [0.05, 0.1) is 5.02 Å². The standard InChI is InChI=1S/C6H6ClNO2S2/c7-5-3-4(11)1-2-6(5)12(8,9)10/h1-3,11H,(H2,8,9,10). The maximum absolute atomic E-state index is 10.8. The van der Waals surface area contributed by atoms with Gasteiger partial charge in [-0.1, -0.05) is 11.6 Å². The highest BCUT2D eigenvalue weighted by molar-refractivity contribution is 7.89. The molecule has 0 aliphatic carbocycles. The number of thiol groups is 1. The van der Waals surface area contributed by atoms with Crippen molar-refractivity contribution in [2.24, 2.45) is 5.14 Å². The maximum Gasteiger partial charge on any atom is 0.239 e. The first kappa shape index (κ1) is 9.85. The van der Waals surface area contributed by atoms with Crippen molar-refractivity contribution in [2.45, 2.75) is 9.79 Å². The van der Waals surface area contributed by atoms with E-state index in [1.54, 1.807) is 0 Å². The van der Waals surface area contributed by atoms with Crippen LogP contribution in [0.1, 0.15) is 0 Å². The Labute approximate surface area is 81.0 Å². The van der Waals surface area contributed by atoms with Crippen molar-refractivity contribution in [1.29, 1.82) is 0 Å². The van der Waals surface area contributed by atoms with E-state index in [4.69, 9.17) is 16.7 Å². The fraction of sp³-hybridized carbons (Fsp3) is 0. The minimum Gasteiger partial charge on any atom is -0.225 e. The number of primary sulfonamides is 1. The van der Waals surface area contributed by atoms with Gasteiger partial charge >= 0.3 is 0 Å². The van der Waals surface area contributed by atoms with Crippen LogP contribution in [-0.2, 0) is 10.0 Å². The van der Waals surface area contributed by atoms with Crippen molar-refractivity contribution in [2.75, 3.05) is 0 Å². The third-order valence-electron chi connectivity index (χ3n) is 1.22. The molecule has 0 fully saturated rings. The molecule has 0 spiro atoms. The zero-order chi connectivity index (χ0) is 9.35. The lowest BCUT2D eigenvalue weighted by atomic mass is 10.4. The topological polar surface area (TPSA) is 60.2 Å². The summed E-state index contributed by atoms with van der Waals surface area (Å²) >= 11 is 9.58. The van der Waals surface area contributed by atoms with Crippen LogP contribution in [0, 0.1) is 0 Å². The first-order valence-electron chi connectivity index (χ1n) is 2.92. The van der Waals surface area contributed by atoms with Gasteiger partial charge in [-0.3, -0.25) is 0 Å². The number of hydrogen-bond donors (Lipinski definition) is 2. The number of benzene rings is 1. The van der Waals surface area contributed by atoms with Gasteiger partial charge in [0.15, 0.2) is 0 Å². The minimum absolute atomic E-state index is 0.0815. The van der Waals surface area contributed by atoms with Crippen LogP contribution in [0.2, 0.25) is 5.02 Å². The number of rotatable bonds is 1. The molecule has 0 unspecified atom stereocenters. The maximum atomic E-state index is 10.8. The fourth-order valence-corrected chi connectivity index (χ4v) is 2.09. The summed E-state index contributed by atoms with van der Waals surface area (Å²) in [7, 11) is -3.72. The normalized spacial score (nSPS) is 11.6. The smallest absolute Gasteiger partial charge is 0.225 e. The molecule has 2 N–H and O–H groups in total. The van der Waals surface area contributed by atoms with Gasteiger partial charge in [-0.2, -0.15) is 0 Å². The zero-order valence-electron chi connectivity index (χ0n) is 5.86. The van der Waals surface area contributed by atoms with E-state index in [9.17, 15) is 8.42 Å². The lowest BCUT2D eigenvalue weighted by Crippen LogP contribution is -2.12. The quantitative estimate of drug-likeness (QED) is 0.705. The van der Waals surface area contributed by atoms with Gasteiger partial charge in [0.25, 0.3) is 0 Å². The Morgan fingerprint density at radius 1 is 1.42 bits per heavy atom. The van der Waals surface area contributed by atoms with Gasteiger partial charge in [0.1, 0.15) is 4.90 Å².